The molecule has 0 radical (unpaired) electrons. The van der Waals surface area contributed by atoms with Crippen LogP contribution in [-0.2, 0) is 0 Å². The molecular formula is C21H17N3O. The third kappa shape index (κ3) is 3.15. The van der Waals surface area contributed by atoms with Gasteiger partial charge in [-0.1, -0.05) is 18.2 Å². The van der Waals surface area contributed by atoms with Crippen LogP contribution in [0, 0.1) is 0 Å². The summed E-state index contributed by atoms with van der Waals surface area (Å²) >= 11 is 0. The van der Waals surface area contributed by atoms with Crippen LogP contribution in [0.3, 0.4) is 0 Å². The number of nitrogens with zero attached hydrogens (tertiary/aromatic N) is 2. The van der Waals surface area contributed by atoms with E-state index in [-0.39, 0.29) is 0 Å². The highest BCUT2D eigenvalue weighted by Gasteiger charge is 2.05. The average molecular weight is 327 g/mol. The van der Waals surface area contributed by atoms with Gasteiger partial charge in [0, 0.05) is 34.7 Å². The van der Waals surface area contributed by atoms with Crippen molar-refractivity contribution in [2.75, 3.05) is 12.4 Å². The van der Waals surface area contributed by atoms with Crippen LogP contribution in [0.2, 0.25) is 0 Å². The average Bonchev–Trinajstić information content (AvgIpc) is 2.69. The lowest BCUT2D eigenvalue weighted by molar-refractivity contribution is 0.415. The molecule has 2 aromatic heterocycles. The van der Waals surface area contributed by atoms with E-state index in [4.69, 9.17) is 4.74 Å². The van der Waals surface area contributed by atoms with E-state index in [2.05, 4.69) is 21.4 Å². The SMILES string of the molecule is COc1ccc(-c2cc(Nc3ccnc4ccccc34)ccn2)cc1. The van der Waals surface area contributed by atoms with Gasteiger partial charge in [0.2, 0.25) is 0 Å². The molecule has 0 bridgehead atoms. The van der Waals surface area contributed by atoms with Gasteiger partial charge in [-0.25, -0.2) is 0 Å². The van der Waals surface area contributed by atoms with Gasteiger partial charge in [-0.15, -0.1) is 0 Å². The van der Waals surface area contributed by atoms with Gasteiger partial charge in [-0.05, 0) is 48.5 Å². The molecule has 4 rings (SSSR count). The highest BCUT2D eigenvalue weighted by molar-refractivity contribution is 5.92. The molecule has 0 aliphatic rings. The molecule has 0 fully saturated rings. The lowest BCUT2D eigenvalue weighted by atomic mass is 10.1. The Kier molecular flexibility index (Phi) is 4.01. The number of methoxy groups -OCH3 is 1. The van der Waals surface area contributed by atoms with Crippen molar-refractivity contribution in [3.8, 4) is 17.0 Å². The topological polar surface area (TPSA) is 47.0 Å². The van der Waals surface area contributed by atoms with Crippen LogP contribution in [0.4, 0.5) is 11.4 Å². The summed E-state index contributed by atoms with van der Waals surface area (Å²) in [7, 11) is 1.66. The Morgan fingerprint density at radius 3 is 2.48 bits per heavy atom. The Morgan fingerprint density at radius 1 is 0.840 bits per heavy atom. The van der Waals surface area contributed by atoms with Crippen molar-refractivity contribution >= 4 is 22.3 Å². The number of pyridine rings is 2. The molecule has 4 heteroatoms. The summed E-state index contributed by atoms with van der Waals surface area (Å²) in [6, 6.07) is 22.0. The molecule has 25 heavy (non-hydrogen) atoms. The minimum absolute atomic E-state index is 0.835. The molecule has 0 atom stereocenters. The first-order chi connectivity index (χ1) is 12.3. The summed E-state index contributed by atoms with van der Waals surface area (Å²) in [5, 5.41) is 4.57. The van der Waals surface area contributed by atoms with E-state index in [1.165, 1.54) is 0 Å². The number of para-hydroxylation sites is 1. The first-order valence-corrected chi connectivity index (χ1v) is 8.05. The molecule has 0 spiro atoms. The number of benzene rings is 2. The van der Waals surface area contributed by atoms with Crippen molar-refractivity contribution in [2.45, 2.75) is 0 Å². The number of nitrogens with one attached hydrogen (secondary N) is 1. The lowest BCUT2D eigenvalue weighted by Gasteiger charge is -2.10. The predicted octanol–water partition coefficient (Wildman–Crippen LogP) is 5.05. The second-order valence-electron chi connectivity index (χ2n) is 5.66. The van der Waals surface area contributed by atoms with Gasteiger partial charge in [-0.3, -0.25) is 9.97 Å². The lowest BCUT2D eigenvalue weighted by Crippen LogP contribution is -1.94. The zero-order chi connectivity index (χ0) is 17.1. The van der Waals surface area contributed by atoms with Gasteiger partial charge in [0.1, 0.15) is 5.75 Å². The normalized spacial score (nSPS) is 10.6. The molecule has 0 saturated heterocycles. The minimum atomic E-state index is 0.835. The molecule has 122 valence electrons. The molecular weight excluding hydrogens is 310 g/mol. The first kappa shape index (κ1) is 15.1. The van der Waals surface area contributed by atoms with Gasteiger partial charge in [0.15, 0.2) is 0 Å². The molecule has 0 unspecified atom stereocenters. The summed E-state index contributed by atoms with van der Waals surface area (Å²) in [4.78, 5) is 8.88. The fraction of sp³-hybridized carbons (Fsp3) is 0.0476. The predicted molar refractivity (Wildman–Crippen MR) is 101 cm³/mol. The van der Waals surface area contributed by atoms with Crippen molar-refractivity contribution in [1.29, 1.82) is 0 Å². The van der Waals surface area contributed by atoms with E-state index in [9.17, 15) is 0 Å². The number of aromatic nitrogens is 2. The second kappa shape index (κ2) is 6.61. The van der Waals surface area contributed by atoms with Crippen molar-refractivity contribution in [1.82, 2.24) is 9.97 Å². The smallest absolute Gasteiger partial charge is 0.118 e. The number of anilines is 2. The zero-order valence-electron chi connectivity index (χ0n) is 13.8. The number of hydrogen-bond donors (Lipinski definition) is 1. The van der Waals surface area contributed by atoms with Crippen molar-refractivity contribution in [2.24, 2.45) is 0 Å². The molecule has 1 N–H and O–H groups in total. The largest absolute Gasteiger partial charge is 0.497 e. The summed E-state index contributed by atoms with van der Waals surface area (Å²) < 4.78 is 5.21. The Hall–Kier alpha value is -3.40. The van der Waals surface area contributed by atoms with Gasteiger partial charge >= 0.3 is 0 Å². The maximum Gasteiger partial charge on any atom is 0.118 e. The van der Waals surface area contributed by atoms with Gasteiger partial charge in [0.25, 0.3) is 0 Å². The molecule has 2 heterocycles. The number of hydrogen-bond acceptors (Lipinski definition) is 4. The number of ether oxygens (including phenoxy) is 1. The summed E-state index contributed by atoms with van der Waals surface area (Å²) in [5.74, 6) is 0.835. The van der Waals surface area contributed by atoms with E-state index in [0.717, 1.165) is 39.3 Å². The van der Waals surface area contributed by atoms with Crippen molar-refractivity contribution < 1.29 is 4.74 Å². The summed E-state index contributed by atoms with van der Waals surface area (Å²) in [6.07, 6.45) is 3.63. The quantitative estimate of drug-likeness (QED) is 0.570. The number of fused-ring (bicyclic) bond motifs is 1. The fourth-order valence-electron chi connectivity index (χ4n) is 2.79. The second-order valence-corrected chi connectivity index (χ2v) is 5.66. The van der Waals surface area contributed by atoms with Crippen LogP contribution in [-0.4, -0.2) is 17.1 Å². The van der Waals surface area contributed by atoms with E-state index in [0.29, 0.717) is 0 Å². The van der Waals surface area contributed by atoms with E-state index in [1.54, 1.807) is 7.11 Å². The van der Waals surface area contributed by atoms with Crippen LogP contribution >= 0.6 is 0 Å². The van der Waals surface area contributed by atoms with Gasteiger partial charge in [0.05, 0.1) is 18.3 Å². The van der Waals surface area contributed by atoms with Crippen LogP contribution in [0.25, 0.3) is 22.2 Å². The monoisotopic (exact) mass is 327 g/mol. The maximum atomic E-state index is 5.21. The van der Waals surface area contributed by atoms with Crippen molar-refractivity contribution in [3.63, 3.8) is 0 Å². The fourth-order valence-corrected chi connectivity index (χ4v) is 2.79. The Labute approximate surface area is 146 Å². The zero-order valence-corrected chi connectivity index (χ0v) is 13.8. The maximum absolute atomic E-state index is 5.21. The van der Waals surface area contributed by atoms with Crippen LogP contribution in [0.5, 0.6) is 5.75 Å². The van der Waals surface area contributed by atoms with Crippen LogP contribution in [0.15, 0.2) is 79.1 Å². The van der Waals surface area contributed by atoms with Gasteiger partial charge < -0.3 is 10.1 Å². The van der Waals surface area contributed by atoms with E-state index in [1.807, 2.05) is 73.1 Å². The van der Waals surface area contributed by atoms with E-state index < -0.39 is 0 Å². The van der Waals surface area contributed by atoms with Crippen molar-refractivity contribution in [3.05, 3.63) is 79.1 Å². The Balaban J connectivity index is 1.67. The molecule has 0 aliphatic heterocycles. The van der Waals surface area contributed by atoms with Crippen LogP contribution in [0.1, 0.15) is 0 Å². The Bertz CT molecular complexity index is 1010. The number of rotatable bonds is 4. The first-order valence-electron chi connectivity index (χ1n) is 8.05. The van der Waals surface area contributed by atoms with E-state index >= 15 is 0 Å². The molecule has 4 nitrogen and oxygen atoms in total. The third-order valence-corrected chi connectivity index (χ3v) is 4.07. The third-order valence-electron chi connectivity index (χ3n) is 4.07. The molecule has 0 amide bonds. The standard InChI is InChI=1S/C21H17N3O/c1-25-17-8-6-15(7-9-17)21-14-16(10-12-23-21)24-20-11-13-22-19-5-3-2-4-18(19)20/h2-14H,1H3,(H,22,23,24). The highest BCUT2D eigenvalue weighted by atomic mass is 16.5. The Morgan fingerprint density at radius 2 is 1.64 bits per heavy atom. The van der Waals surface area contributed by atoms with Gasteiger partial charge in [-0.2, -0.15) is 0 Å². The minimum Gasteiger partial charge on any atom is -0.497 e. The summed E-state index contributed by atoms with van der Waals surface area (Å²) in [5.41, 5.74) is 4.93. The molecule has 0 aliphatic carbocycles. The highest BCUT2D eigenvalue weighted by Crippen LogP contribution is 2.27. The molecule has 0 saturated carbocycles. The van der Waals surface area contributed by atoms with Crippen LogP contribution < -0.4 is 10.1 Å². The molecule has 2 aromatic carbocycles. The molecule has 4 aromatic rings. The summed E-state index contributed by atoms with van der Waals surface area (Å²) in [6.45, 7) is 0.